The molecule has 0 atom stereocenters. The number of fused-ring (bicyclic) bond motifs is 2. The van der Waals surface area contributed by atoms with Crippen molar-refractivity contribution in [2.75, 3.05) is 26.4 Å². The highest BCUT2D eigenvalue weighted by Gasteiger charge is 2.05. The highest BCUT2D eigenvalue weighted by Crippen LogP contribution is 2.21. The van der Waals surface area contributed by atoms with Crippen molar-refractivity contribution in [2.45, 2.75) is 38.9 Å². The summed E-state index contributed by atoms with van der Waals surface area (Å²) in [4.78, 5) is 0. The number of ether oxygens (including phenoxy) is 4. The molecule has 1 aliphatic heterocycles. The van der Waals surface area contributed by atoms with Crippen molar-refractivity contribution in [1.29, 1.82) is 0 Å². The van der Waals surface area contributed by atoms with Gasteiger partial charge in [0.1, 0.15) is 11.5 Å². The van der Waals surface area contributed by atoms with Crippen LogP contribution in [0.3, 0.4) is 0 Å². The lowest BCUT2D eigenvalue weighted by Gasteiger charge is -2.13. The summed E-state index contributed by atoms with van der Waals surface area (Å²) in [7, 11) is 0. The maximum Gasteiger partial charge on any atom is 0.124 e. The van der Waals surface area contributed by atoms with Gasteiger partial charge in [-0.05, 0) is 37.8 Å². The maximum atomic E-state index is 5.97. The highest BCUT2D eigenvalue weighted by atomic mass is 16.5. The Morgan fingerprint density at radius 3 is 1.50 bits per heavy atom. The summed E-state index contributed by atoms with van der Waals surface area (Å²) in [5, 5.41) is 0. The van der Waals surface area contributed by atoms with Crippen molar-refractivity contribution in [3.63, 3.8) is 0 Å². The van der Waals surface area contributed by atoms with Crippen LogP contribution in [0, 0.1) is 0 Å². The van der Waals surface area contributed by atoms with Gasteiger partial charge in [-0.25, -0.2) is 0 Å². The minimum absolute atomic E-state index is 0.548. The molecule has 2 aromatic carbocycles. The van der Waals surface area contributed by atoms with Gasteiger partial charge in [-0.1, -0.05) is 48.6 Å². The summed E-state index contributed by atoms with van der Waals surface area (Å²) in [6.07, 6.45) is 8.34. The van der Waals surface area contributed by atoms with E-state index in [-0.39, 0.29) is 0 Å². The van der Waals surface area contributed by atoms with Crippen molar-refractivity contribution in [3.05, 3.63) is 71.8 Å². The van der Waals surface area contributed by atoms with E-state index in [1.54, 1.807) is 0 Å². The van der Waals surface area contributed by atoms with Crippen molar-refractivity contribution in [3.8, 4) is 11.5 Å². The first-order valence-corrected chi connectivity index (χ1v) is 10.2. The van der Waals surface area contributed by atoms with Crippen molar-refractivity contribution >= 4 is 0 Å². The normalized spacial score (nSPS) is 18.6. The van der Waals surface area contributed by atoms with Gasteiger partial charge in [-0.3, -0.25) is 0 Å². The minimum Gasteiger partial charge on any atom is -0.493 e. The Morgan fingerprint density at radius 1 is 0.536 bits per heavy atom. The molecule has 0 saturated heterocycles. The lowest BCUT2D eigenvalue weighted by molar-refractivity contribution is 0.137. The largest absolute Gasteiger partial charge is 0.493 e. The molecule has 0 spiro atoms. The molecule has 150 valence electrons. The molecule has 0 aliphatic carbocycles. The molecule has 4 nitrogen and oxygen atoms in total. The van der Waals surface area contributed by atoms with Crippen molar-refractivity contribution < 1.29 is 18.9 Å². The van der Waals surface area contributed by atoms with E-state index in [0.29, 0.717) is 26.4 Å². The number of hydrogen-bond acceptors (Lipinski definition) is 4. The molecule has 0 radical (unpaired) electrons. The second kappa shape index (κ2) is 12.2. The Morgan fingerprint density at radius 2 is 1.00 bits per heavy atom. The quantitative estimate of drug-likeness (QED) is 0.579. The average molecular weight is 383 g/mol. The second-order valence-electron chi connectivity index (χ2n) is 6.83. The van der Waals surface area contributed by atoms with Crippen LogP contribution in [0.5, 0.6) is 11.5 Å². The first kappa shape index (κ1) is 20.4. The van der Waals surface area contributed by atoms with E-state index < -0.39 is 0 Å². The molecule has 0 unspecified atom stereocenters. The van der Waals surface area contributed by atoms with Gasteiger partial charge < -0.3 is 18.9 Å². The summed E-state index contributed by atoms with van der Waals surface area (Å²) in [6.45, 7) is 3.67. The molecule has 0 fully saturated rings. The van der Waals surface area contributed by atoms with Crippen LogP contribution in [0.25, 0.3) is 0 Å². The second-order valence-corrected chi connectivity index (χ2v) is 6.83. The van der Waals surface area contributed by atoms with Crippen LogP contribution in [0.4, 0.5) is 0 Å². The minimum atomic E-state index is 0.548. The third-order valence-corrected chi connectivity index (χ3v) is 4.61. The van der Waals surface area contributed by atoms with Gasteiger partial charge >= 0.3 is 0 Å². The predicted molar refractivity (Wildman–Crippen MR) is 111 cm³/mol. The topological polar surface area (TPSA) is 36.9 Å². The van der Waals surface area contributed by atoms with E-state index in [4.69, 9.17) is 18.9 Å². The number of hydrogen-bond donors (Lipinski definition) is 0. The Kier molecular flexibility index (Phi) is 8.92. The molecule has 1 aliphatic rings. The molecule has 2 aromatic rings. The first-order chi connectivity index (χ1) is 13.9. The van der Waals surface area contributed by atoms with Crippen LogP contribution in [0.15, 0.2) is 60.7 Å². The third-order valence-electron chi connectivity index (χ3n) is 4.61. The molecule has 4 heteroatoms. The van der Waals surface area contributed by atoms with Gasteiger partial charge in [0.05, 0.1) is 39.6 Å². The van der Waals surface area contributed by atoms with E-state index in [1.807, 2.05) is 48.6 Å². The van der Waals surface area contributed by atoms with Gasteiger partial charge in [0.25, 0.3) is 0 Å². The lowest BCUT2D eigenvalue weighted by Crippen LogP contribution is -2.04. The Hall–Kier alpha value is -2.30. The van der Waals surface area contributed by atoms with E-state index >= 15 is 0 Å². The molecule has 28 heavy (non-hydrogen) atoms. The van der Waals surface area contributed by atoms with E-state index in [9.17, 15) is 0 Å². The molecule has 0 aromatic heterocycles. The number of para-hydroxylation sites is 2. The summed E-state index contributed by atoms with van der Waals surface area (Å²) >= 11 is 0. The fourth-order valence-corrected chi connectivity index (χ4v) is 3.06. The molecule has 0 bridgehead atoms. The van der Waals surface area contributed by atoms with Crippen LogP contribution < -0.4 is 9.47 Å². The van der Waals surface area contributed by atoms with Gasteiger partial charge in [-0.2, -0.15) is 0 Å². The average Bonchev–Trinajstić information content (AvgIpc) is 2.73. The van der Waals surface area contributed by atoms with E-state index in [0.717, 1.165) is 61.5 Å². The van der Waals surface area contributed by atoms with Crippen LogP contribution >= 0.6 is 0 Å². The summed E-state index contributed by atoms with van der Waals surface area (Å²) in [5.74, 6) is 1.84. The summed E-state index contributed by atoms with van der Waals surface area (Å²) < 4.78 is 23.4. The van der Waals surface area contributed by atoms with Crippen LogP contribution in [-0.4, -0.2) is 26.4 Å². The third kappa shape index (κ3) is 7.02. The van der Waals surface area contributed by atoms with Gasteiger partial charge in [0.15, 0.2) is 0 Å². The summed E-state index contributed by atoms with van der Waals surface area (Å²) in [6, 6.07) is 16.2. The van der Waals surface area contributed by atoms with E-state index in [1.165, 1.54) is 0 Å². The van der Waals surface area contributed by atoms with Crippen molar-refractivity contribution in [2.24, 2.45) is 0 Å². The molecule has 3 rings (SSSR count). The molecule has 1 heterocycles. The molecule has 0 saturated carbocycles. The monoisotopic (exact) mass is 382 g/mol. The van der Waals surface area contributed by atoms with Gasteiger partial charge in [-0.15, -0.1) is 0 Å². The van der Waals surface area contributed by atoms with Crippen LogP contribution in [-0.2, 0) is 22.7 Å². The Bertz CT molecular complexity index is 665. The fourth-order valence-electron chi connectivity index (χ4n) is 3.06. The Balaban J connectivity index is 1.56. The van der Waals surface area contributed by atoms with E-state index in [2.05, 4.69) is 12.1 Å². The Labute approximate surface area is 168 Å². The smallest absolute Gasteiger partial charge is 0.124 e. The number of benzene rings is 2. The standard InChI is InChI=1S/C24H30O4/c1-2-8-18-28-24-14-6-4-12-22(24)20-26-16-10-9-15-25-19-21-11-3-5-13-23(21)27-17-7-1/h3-6,9-14H,1-2,7-8,15-20H2/b10-9-. The fraction of sp³-hybridized carbons (Fsp3) is 0.417. The maximum absolute atomic E-state index is 5.97. The molecule has 0 amide bonds. The van der Waals surface area contributed by atoms with Crippen LogP contribution in [0.1, 0.15) is 36.8 Å². The van der Waals surface area contributed by atoms with Gasteiger partial charge in [0, 0.05) is 11.1 Å². The summed E-state index contributed by atoms with van der Waals surface area (Å²) in [5.41, 5.74) is 2.18. The molecular formula is C24H30O4. The predicted octanol–water partition coefficient (Wildman–Crippen LogP) is 5.31. The zero-order chi connectivity index (χ0) is 19.3. The number of rotatable bonds is 0. The zero-order valence-electron chi connectivity index (χ0n) is 16.5. The lowest BCUT2D eigenvalue weighted by atomic mass is 10.2. The van der Waals surface area contributed by atoms with Crippen LogP contribution in [0.2, 0.25) is 0 Å². The zero-order valence-corrected chi connectivity index (χ0v) is 16.5. The first-order valence-electron chi connectivity index (χ1n) is 10.2. The molecular weight excluding hydrogens is 352 g/mol. The highest BCUT2D eigenvalue weighted by molar-refractivity contribution is 5.33. The van der Waals surface area contributed by atoms with Crippen molar-refractivity contribution in [1.82, 2.24) is 0 Å². The molecule has 0 N–H and O–H groups in total. The van der Waals surface area contributed by atoms with Gasteiger partial charge in [0.2, 0.25) is 0 Å². The SMILES string of the molecule is C1=C\COCc2ccccc2OCCCCCCOc2ccccc2COC/1.